The first-order chi connectivity index (χ1) is 12.0. The van der Waals surface area contributed by atoms with E-state index in [1.54, 1.807) is 0 Å². The summed E-state index contributed by atoms with van der Waals surface area (Å²) in [7, 11) is 2.09. The van der Waals surface area contributed by atoms with Crippen LogP contribution < -0.4 is 5.32 Å². The Bertz CT molecular complexity index is 758. The van der Waals surface area contributed by atoms with Crippen LogP contribution in [-0.2, 0) is 4.79 Å². The number of nitrogens with one attached hydrogen (secondary N) is 1. The maximum atomic E-state index is 13.0. The van der Waals surface area contributed by atoms with Crippen molar-refractivity contribution in [3.63, 3.8) is 0 Å². The number of fused-ring (bicyclic) bond motifs is 1. The van der Waals surface area contributed by atoms with Crippen LogP contribution in [0.4, 0.5) is 5.82 Å². The summed E-state index contributed by atoms with van der Waals surface area (Å²) < 4.78 is 0.962. The molecule has 0 saturated carbocycles. The number of rotatable bonds is 4. The normalized spacial score (nSPS) is 17.1. The van der Waals surface area contributed by atoms with Crippen molar-refractivity contribution in [3.05, 3.63) is 29.0 Å². The average Bonchev–Trinajstić information content (AvgIpc) is 2.59. The molecule has 1 amide bonds. The largest absolute Gasteiger partial charge is 0.358 e. The maximum absolute atomic E-state index is 13.0. The fraction of sp³-hybridized carbons (Fsp3) is 0.500. The highest BCUT2D eigenvalue weighted by Gasteiger charge is 2.29. The van der Waals surface area contributed by atoms with Crippen LogP contribution in [0.3, 0.4) is 0 Å². The minimum absolute atomic E-state index is 0.143. The number of benzene rings is 1. The molecule has 0 radical (unpaired) electrons. The Kier molecular flexibility index (Phi) is 5.54. The standard InChI is InChI=1S/C18H24BrN5O/c1-12(2)16(18(25)24-8-6-23(3)7-9-24)22-17-14-10-13(19)4-5-15(14)20-11-21-17/h4-5,10-12,16H,6-9H2,1-3H3,(H,20,21,22). The minimum Gasteiger partial charge on any atom is -0.358 e. The Morgan fingerprint density at radius 2 is 1.92 bits per heavy atom. The molecular formula is C18H24BrN5O. The van der Waals surface area contributed by atoms with Gasteiger partial charge in [0.15, 0.2) is 0 Å². The number of carbonyl (C=O) groups excluding carboxylic acids is 1. The highest BCUT2D eigenvalue weighted by molar-refractivity contribution is 9.10. The summed E-state index contributed by atoms with van der Waals surface area (Å²) >= 11 is 3.50. The molecule has 1 fully saturated rings. The molecule has 1 aromatic carbocycles. The van der Waals surface area contributed by atoms with E-state index in [0.717, 1.165) is 41.6 Å². The second-order valence-corrected chi connectivity index (χ2v) is 7.79. The topological polar surface area (TPSA) is 61.4 Å². The summed E-state index contributed by atoms with van der Waals surface area (Å²) in [4.78, 5) is 25.9. The monoisotopic (exact) mass is 405 g/mol. The van der Waals surface area contributed by atoms with Crippen molar-refractivity contribution >= 4 is 38.6 Å². The van der Waals surface area contributed by atoms with Gasteiger partial charge in [0.25, 0.3) is 0 Å². The first-order valence-corrected chi connectivity index (χ1v) is 9.39. The zero-order valence-electron chi connectivity index (χ0n) is 14.9. The SMILES string of the molecule is CC(C)C(Nc1ncnc2ccc(Br)cc12)C(=O)N1CCN(C)CC1. The predicted octanol–water partition coefficient (Wildman–Crippen LogP) is 2.60. The third kappa shape index (κ3) is 4.10. The van der Waals surface area contributed by atoms with E-state index in [0.29, 0.717) is 5.82 Å². The lowest BCUT2D eigenvalue weighted by Gasteiger charge is -2.36. The third-order valence-electron chi connectivity index (χ3n) is 4.64. The molecule has 0 bridgehead atoms. The van der Waals surface area contributed by atoms with Crippen LogP contribution in [0.1, 0.15) is 13.8 Å². The van der Waals surface area contributed by atoms with Gasteiger partial charge in [-0.1, -0.05) is 29.8 Å². The van der Waals surface area contributed by atoms with Crippen molar-refractivity contribution in [2.45, 2.75) is 19.9 Å². The lowest BCUT2D eigenvalue weighted by atomic mass is 10.0. The summed E-state index contributed by atoms with van der Waals surface area (Å²) in [5, 5.41) is 4.29. The summed E-state index contributed by atoms with van der Waals surface area (Å²) in [5.41, 5.74) is 0.857. The number of nitrogens with zero attached hydrogens (tertiary/aromatic N) is 4. The number of hydrogen-bond donors (Lipinski definition) is 1. The molecule has 2 aromatic rings. The molecule has 0 aliphatic carbocycles. The minimum atomic E-state index is -0.305. The second-order valence-electron chi connectivity index (χ2n) is 6.88. The van der Waals surface area contributed by atoms with Crippen LogP contribution in [0, 0.1) is 5.92 Å². The Balaban J connectivity index is 1.85. The van der Waals surface area contributed by atoms with Gasteiger partial charge in [-0.2, -0.15) is 0 Å². The van der Waals surface area contributed by atoms with Gasteiger partial charge in [0, 0.05) is 36.0 Å². The first-order valence-electron chi connectivity index (χ1n) is 8.60. The number of piperazine rings is 1. The molecule has 1 N–H and O–H groups in total. The number of amides is 1. The van der Waals surface area contributed by atoms with Gasteiger partial charge >= 0.3 is 0 Å². The Labute approximate surface area is 156 Å². The van der Waals surface area contributed by atoms with E-state index in [1.165, 1.54) is 6.33 Å². The van der Waals surface area contributed by atoms with E-state index in [2.05, 4.69) is 57.0 Å². The lowest BCUT2D eigenvalue weighted by Crippen LogP contribution is -2.53. The van der Waals surface area contributed by atoms with Crippen LogP contribution >= 0.6 is 15.9 Å². The lowest BCUT2D eigenvalue weighted by molar-refractivity contribution is -0.134. The van der Waals surface area contributed by atoms with E-state index >= 15 is 0 Å². The molecule has 3 rings (SSSR count). The average molecular weight is 406 g/mol. The first kappa shape index (κ1) is 18.1. The smallest absolute Gasteiger partial charge is 0.245 e. The van der Waals surface area contributed by atoms with Gasteiger partial charge in [-0.3, -0.25) is 4.79 Å². The van der Waals surface area contributed by atoms with Crippen LogP contribution in [0.15, 0.2) is 29.0 Å². The van der Waals surface area contributed by atoms with E-state index in [4.69, 9.17) is 0 Å². The number of hydrogen-bond acceptors (Lipinski definition) is 5. The highest BCUT2D eigenvalue weighted by Crippen LogP contribution is 2.25. The molecule has 6 nitrogen and oxygen atoms in total. The van der Waals surface area contributed by atoms with Gasteiger partial charge in [-0.25, -0.2) is 9.97 Å². The van der Waals surface area contributed by atoms with Gasteiger partial charge in [-0.05, 0) is 31.2 Å². The van der Waals surface area contributed by atoms with Crippen molar-refractivity contribution in [1.29, 1.82) is 0 Å². The summed E-state index contributed by atoms with van der Waals surface area (Å²) in [5.74, 6) is 1.00. The van der Waals surface area contributed by atoms with Crippen LogP contribution in [0.25, 0.3) is 10.9 Å². The van der Waals surface area contributed by atoms with Gasteiger partial charge < -0.3 is 15.1 Å². The Morgan fingerprint density at radius 3 is 2.60 bits per heavy atom. The summed E-state index contributed by atoms with van der Waals surface area (Å²) in [6.45, 7) is 7.50. The second kappa shape index (κ2) is 7.66. The molecule has 1 aromatic heterocycles. The quantitative estimate of drug-likeness (QED) is 0.846. The fourth-order valence-electron chi connectivity index (χ4n) is 3.03. The summed E-state index contributed by atoms with van der Waals surface area (Å²) in [6.07, 6.45) is 1.54. The maximum Gasteiger partial charge on any atom is 0.245 e. The Morgan fingerprint density at radius 1 is 1.20 bits per heavy atom. The van der Waals surface area contributed by atoms with Crippen molar-refractivity contribution < 1.29 is 4.79 Å². The van der Waals surface area contributed by atoms with Gasteiger partial charge in [0.1, 0.15) is 18.2 Å². The number of anilines is 1. The van der Waals surface area contributed by atoms with E-state index < -0.39 is 0 Å². The zero-order valence-corrected chi connectivity index (χ0v) is 16.5. The predicted molar refractivity (Wildman–Crippen MR) is 104 cm³/mol. The number of aromatic nitrogens is 2. The third-order valence-corrected chi connectivity index (χ3v) is 5.13. The summed E-state index contributed by atoms with van der Waals surface area (Å²) in [6, 6.07) is 5.57. The zero-order chi connectivity index (χ0) is 18.0. The molecule has 7 heteroatoms. The van der Waals surface area contributed by atoms with Crippen molar-refractivity contribution in [2.24, 2.45) is 5.92 Å². The van der Waals surface area contributed by atoms with Crippen LogP contribution in [0.5, 0.6) is 0 Å². The van der Waals surface area contributed by atoms with E-state index in [-0.39, 0.29) is 17.9 Å². The molecule has 1 unspecified atom stereocenters. The van der Waals surface area contributed by atoms with Crippen molar-refractivity contribution in [1.82, 2.24) is 19.8 Å². The van der Waals surface area contributed by atoms with Gasteiger partial charge in [-0.15, -0.1) is 0 Å². The molecule has 1 atom stereocenters. The molecular weight excluding hydrogens is 382 g/mol. The molecule has 25 heavy (non-hydrogen) atoms. The molecule has 0 spiro atoms. The highest BCUT2D eigenvalue weighted by atomic mass is 79.9. The van der Waals surface area contributed by atoms with E-state index in [9.17, 15) is 4.79 Å². The van der Waals surface area contributed by atoms with Gasteiger partial charge in [0.05, 0.1) is 5.52 Å². The molecule has 134 valence electrons. The fourth-order valence-corrected chi connectivity index (χ4v) is 3.39. The number of halogens is 1. The van der Waals surface area contributed by atoms with E-state index in [1.807, 2.05) is 23.1 Å². The molecule has 1 aliphatic heterocycles. The number of likely N-dealkylation sites (N-methyl/N-ethyl adjacent to an activating group) is 1. The van der Waals surface area contributed by atoms with Gasteiger partial charge in [0.2, 0.25) is 5.91 Å². The van der Waals surface area contributed by atoms with Crippen LogP contribution in [0.2, 0.25) is 0 Å². The molecule has 1 saturated heterocycles. The van der Waals surface area contributed by atoms with Crippen molar-refractivity contribution in [3.8, 4) is 0 Å². The number of carbonyl (C=O) groups is 1. The molecule has 1 aliphatic rings. The van der Waals surface area contributed by atoms with Crippen molar-refractivity contribution in [2.75, 3.05) is 38.5 Å². The molecule has 2 heterocycles. The Hall–Kier alpha value is -1.73. The van der Waals surface area contributed by atoms with Crippen LogP contribution in [-0.4, -0.2) is 64.9 Å².